The summed E-state index contributed by atoms with van der Waals surface area (Å²) in [6, 6.07) is 15.4. The van der Waals surface area contributed by atoms with Gasteiger partial charge in [0.25, 0.3) is 0 Å². The molecule has 0 spiro atoms. The Morgan fingerprint density at radius 2 is 2.00 bits per heavy atom. The standard InChI is InChI=1S/C18H21BrN2O2/c1-2-20-13-14-5-3-7-16(11-14)21-18(22)9-10-23-17-8-4-6-15(19)12-17/h3-8,11-12,20H,2,9-10,13H2,1H3,(H,21,22). The van der Waals surface area contributed by atoms with Gasteiger partial charge in [-0.1, -0.05) is 41.1 Å². The van der Waals surface area contributed by atoms with Crippen LogP contribution in [0.3, 0.4) is 0 Å². The summed E-state index contributed by atoms with van der Waals surface area (Å²) in [4.78, 5) is 12.0. The molecule has 0 saturated heterocycles. The Balaban J connectivity index is 1.78. The maximum absolute atomic E-state index is 12.0. The topological polar surface area (TPSA) is 50.4 Å². The highest BCUT2D eigenvalue weighted by molar-refractivity contribution is 9.10. The fourth-order valence-electron chi connectivity index (χ4n) is 2.07. The molecule has 0 aromatic heterocycles. The molecule has 2 aromatic rings. The molecule has 0 atom stereocenters. The average molecular weight is 377 g/mol. The van der Waals surface area contributed by atoms with Crippen LogP contribution in [-0.4, -0.2) is 19.1 Å². The van der Waals surface area contributed by atoms with E-state index >= 15 is 0 Å². The third-order valence-electron chi connectivity index (χ3n) is 3.18. The van der Waals surface area contributed by atoms with Crippen molar-refractivity contribution >= 4 is 27.5 Å². The van der Waals surface area contributed by atoms with E-state index < -0.39 is 0 Å². The summed E-state index contributed by atoms with van der Waals surface area (Å²) in [5.74, 6) is 0.695. The van der Waals surface area contributed by atoms with Crippen molar-refractivity contribution in [1.82, 2.24) is 5.32 Å². The first-order valence-corrected chi connectivity index (χ1v) is 8.44. The van der Waals surface area contributed by atoms with Crippen LogP contribution in [0.4, 0.5) is 5.69 Å². The molecule has 0 unspecified atom stereocenters. The molecule has 2 N–H and O–H groups in total. The second kappa shape index (κ2) is 9.33. The summed E-state index contributed by atoms with van der Waals surface area (Å²) in [7, 11) is 0. The number of anilines is 1. The first kappa shape index (κ1) is 17.5. The third kappa shape index (κ3) is 6.42. The Hall–Kier alpha value is -1.85. The number of ether oxygens (including phenoxy) is 1. The van der Waals surface area contributed by atoms with Gasteiger partial charge in [0.15, 0.2) is 0 Å². The monoisotopic (exact) mass is 376 g/mol. The van der Waals surface area contributed by atoms with Gasteiger partial charge in [0, 0.05) is 16.7 Å². The molecule has 0 bridgehead atoms. The second-order valence-electron chi connectivity index (χ2n) is 5.08. The molecule has 23 heavy (non-hydrogen) atoms. The van der Waals surface area contributed by atoms with E-state index in [0.717, 1.165) is 34.6 Å². The van der Waals surface area contributed by atoms with Crippen LogP contribution in [0.15, 0.2) is 53.0 Å². The van der Waals surface area contributed by atoms with E-state index in [-0.39, 0.29) is 5.91 Å². The highest BCUT2D eigenvalue weighted by Crippen LogP contribution is 2.18. The first-order chi connectivity index (χ1) is 11.2. The molecule has 0 aliphatic carbocycles. The Morgan fingerprint density at radius 1 is 1.17 bits per heavy atom. The molecule has 0 aliphatic heterocycles. The van der Waals surface area contributed by atoms with E-state index in [1.807, 2.05) is 48.5 Å². The summed E-state index contributed by atoms with van der Waals surface area (Å²) in [5, 5.41) is 6.17. The smallest absolute Gasteiger partial charge is 0.227 e. The lowest BCUT2D eigenvalue weighted by molar-refractivity contribution is -0.116. The van der Waals surface area contributed by atoms with Crippen molar-refractivity contribution in [3.8, 4) is 5.75 Å². The largest absolute Gasteiger partial charge is 0.493 e. The number of carbonyl (C=O) groups excluding carboxylic acids is 1. The molecule has 1 amide bonds. The highest BCUT2D eigenvalue weighted by atomic mass is 79.9. The normalized spacial score (nSPS) is 10.3. The first-order valence-electron chi connectivity index (χ1n) is 7.65. The van der Waals surface area contributed by atoms with Gasteiger partial charge in [0.2, 0.25) is 5.91 Å². The number of amides is 1. The molecular weight excluding hydrogens is 356 g/mol. The number of benzene rings is 2. The van der Waals surface area contributed by atoms with Crippen molar-refractivity contribution in [3.05, 3.63) is 58.6 Å². The number of hydrogen-bond acceptors (Lipinski definition) is 3. The molecule has 0 fully saturated rings. The average Bonchev–Trinajstić information content (AvgIpc) is 2.53. The minimum absolute atomic E-state index is 0.0550. The van der Waals surface area contributed by atoms with Crippen LogP contribution in [0.25, 0.3) is 0 Å². The summed E-state index contributed by atoms with van der Waals surface area (Å²) in [5.41, 5.74) is 1.96. The fourth-order valence-corrected chi connectivity index (χ4v) is 2.45. The summed E-state index contributed by atoms with van der Waals surface area (Å²) < 4.78 is 6.53. The summed E-state index contributed by atoms with van der Waals surface area (Å²) in [6.45, 7) is 4.13. The molecule has 122 valence electrons. The quantitative estimate of drug-likeness (QED) is 0.732. The maximum atomic E-state index is 12.0. The molecule has 0 aliphatic rings. The number of carbonyl (C=O) groups is 1. The number of halogens is 1. The van der Waals surface area contributed by atoms with Gasteiger partial charge in [0.1, 0.15) is 5.75 Å². The van der Waals surface area contributed by atoms with Crippen LogP contribution in [0.2, 0.25) is 0 Å². The molecule has 5 heteroatoms. The Bertz CT molecular complexity index is 646. The minimum Gasteiger partial charge on any atom is -0.493 e. The van der Waals surface area contributed by atoms with Gasteiger partial charge in [-0.05, 0) is 42.4 Å². The zero-order chi connectivity index (χ0) is 16.5. The fraction of sp³-hybridized carbons (Fsp3) is 0.278. The van der Waals surface area contributed by atoms with Crippen molar-refractivity contribution in [2.45, 2.75) is 19.9 Å². The lowest BCUT2D eigenvalue weighted by Crippen LogP contribution is -2.16. The summed E-state index contributed by atoms with van der Waals surface area (Å²) in [6.07, 6.45) is 0.309. The van der Waals surface area contributed by atoms with Crippen molar-refractivity contribution in [3.63, 3.8) is 0 Å². The van der Waals surface area contributed by atoms with Crippen LogP contribution in [0, 0.1) is 0 Å². The molecular formula is C18H21BrN2O2. The zero-order valence-corrected chi connectivity index (χ0v) is 14.7. The van der Waals surface area contributed by atoms with Gasteiger partial charge < -0.3 is 15.4 Å². The van der Waals surface area contributed by atoms with E-state index in [4.69, 9.17) is 4.74 Å². The lowest BCUT2D eigenvalue weighted by atomic mass is 10.2. The van der Waals surface area contributed by atoms with Crippen molar-refractivity contribution in [1.29, 1.82) is 0 Å². The highest BCUT2D eigenvalue weighted by Gasteiger charge is 2.04. The molecule has 2 aromatic carbocycles. The van der Waals surface area contributed by atoms with Crippen molar-refractivity contribution in [2.75, 3.05) is 18.5 Å². The minimum atomic E-state index is -0.0550. The summed E-state index contributed by atoms with van der Waals surface area (Å²) >= 11 is 3.39. The van der Waals surface area contributed by atoms with Crippen LogP contribution in [-0.2, 0) is 11.3 Å². The Labute approximate surface area is 145 Å². The van der Waals surface area contributed by atoms with Gasteiger partial charge in [-0.25, -0.2) is 0 Å². The number of rotatable bonds is 8. The molecule has 0 heterocycles. The zero-order valence-electron chi connectivity index (χ0n) is 13.1. The van der Waals surface area contributed by atoms with Crippen LogP contribution in [0.5, 0.6) is 5.75 Å². The molecule has 0 saturated carbocycles. The molecule has 4 nitrogen and oxygen atoms in total. The second-order valence-corrected chi connectivity index (χ2v) is 6.00. The van der Waals surface area contributed by atoms with Gasteiger partial charge in [-0.3, -0.25) is 4.79 Å². The van der Waals surface area contributed by atoms with E-state index in [1.165, 1.54) is 0 Å². The van der Waals surface area contributed by atoms with Crippen LogP contribution >= 0.6 is 15.9 Å². The predicted octanol–water partition coefficient (Wildman–Crippen LogP) is 3.97. The van der Waals surface area contributed by atoms with Gasteiger partial charge >= 0.3 is 0 Å². The van der Waals surface area contributed by atoms with E-state index in [0.29, 0.717) is 13.0 Å². The van der Waals surface area contributed by atoms with Crippen LogP contribution < -0.4 is 15.4 Å². The predicted molar refractivity (Wildman–Crippen MR) is 96.7 cm³/mol. The number of hydrogen-bond donors (Lipinski definition) is 2. The van der Waals surface area contributed by atoms with E-state index in [2.05, 4.69) is 33.5 Å². The SMILES string of the molecule is CCNCc1cccc(NC(=O)CCOc2cccc(Br)c2)c1. The van der Waals surface area contributed by atoms with Crippen molar-refractivity contribution < 1.29 is 9.53 Å². The van der Waals surface area contributed by atoms with E-state index in [9.17, 15) is 4.79 Å². The van der Waals surface area contributed by atoms with Gasteiger partial charge in [0.05, 0.1) is 13.0 Å². The Morgan fingerprint density at radius 3 is 2.78 bits per heavy atom. The third-order valence-corrected chi connectivity index (χ3v) is 3.68. The Kier molecular flexibility index (Phi) is 7.10. The molecule has 2 rings (SSSR count). The van der Waals surface area contributed by atoms with Crippen LogP contribution in [0.1, 0.15) is 18.9 Å². The van der Waals surface area contributed by atoms with Crippen molar-refractivity contribution in [2.24, 2.45) is 0 Å². The van der Waals surface area contributed by atoms with Gasteiger partial charge in [-0.2, -0.15) is 0 Å². The molecule has 0 radical (unpaired) electrons. The number of nitrogens with one attached hydrogen (secondary N) is 2. The maximum Gasteiger partial charge on any atom is 0.227 e. The van der Waals surface area contributed by atoms with E-state index in [1.54, 1.807) is 0 Å². The van der Waals surface area contributed by atoms with Gasteiger partial charge in [-0.15, -0.1) is 0 Å². The lowest BCUT2D eigenvalue weighted by Gasteiger charge is -2.09.